The summed E-state index contributed by atoms with van der Waals surface area (Å²) in [4.78, 5) is 2.21. The number of furan rings is 1. The lowest BCUT2D eigenvalue weighted by Crippen LogP contribution is -2.22. The molecule has 1 saturated carbocycles. The van der Waals surface area contributed by atoms with Crippen LogP contribution in [0.3, 0.4) is 0 Å². The zero-order valence-electron chi connectivity index (χ0n) is 11.4. The number of nitrogens with zero attached hydrogens (tertiary/aromatic N) is 1. The van der Waals surface area contributed by atoms with Gasteiger partial charge in [0.05, 0.1) is 19.7 Å². The average Bonchev–Trinajstić information content (AvgIpc) is 3.09. The maximum atomic E-state index is 5.68. The van der Waals surface area contributed by atoms with Gasteiger partial charge in [0.2, 0.25) is 0 Å². The van der Waals surface area contributed by atoms with E-state index in [0.29, 0.717) is 6.54 Å². The summed E-state index contributed by atoms with van der Waals surface area (Å²) in [5.41, 5.74) is 6.74. The lowest BCUT2D eigenvalue weighted by molar-refractivity contribution is 0.0999. The van der Waals surface area contributed by atoms with Crippen LogP contribution in [-0.2, 0) is 17.8 Å². The van der Waals surface area contributed by atoms with E-state index in [0.717, 1.165) is 49.3 Å². The molecule has 0 bridgehead atoms. The molecular formula is C14H24N2O2. The Morgan fingerprint density at radius 1 is 1.50 bits per heavy atom. The molecule has 0 radical (unpaired) electrons. The van der Waals surface area contributed by atoms with Crippen LogP contribution in [-0.4, -0.2) is 31.7 Å². The van der Waals surface area contributed by atoms with Gasteiger partial charge >= 0.3 is 0 Å². The smallest absolute Gasteiger partial charge is 0.120 e. The first kappa shape index (κ1) is 13.6. The monoisotopic (exact) mass is 252 g/mol. The van der Waals surface area contributed by atoms with Crippen LogP contribution in [0.15, 0.2) is 10.5 Å². The van der Waals surface area contributed by atoms with Crippen molar-refractivity contribution in [2.24, 2.45) is 11.7 Å². The van der Waals surface area contributed by atoms with Gasteiger partial charge in [0.25, 0.3) is 0 Å². The van der Waals surface area contributed by atoms with Gasteiger partial charge in [-0.15, -0.1) is 0 Å². The van der Waals surface area contributed by atoms with Crippen molar-refractivity contribution in [3.63, 3.8) is 0 Å². The van der Waals surface area contributed by atoms with Crippen LogP contribution >= 0.6 is 0 Å². The fraction of sp³-hybridized carbons (Fsp3) is 0.714. The third-order valence-electron chi connectivity index (χ3n) is 3.35. The maximum Gasteiger partial charge on any atom is 0.120 e. The topological polar surface area (TPSA) is 51.6 Å². The lowest BCUT2D eigenvalue weighted by atomic mass is 10.2. The standard InChI is InChI=1S/C14H24N2O2/c1-11-7-13(18-14(11)8-15)9-16(2)5-6-17-10-12-3-4-12/h7,12H,3-6,8-10,15H2,1-2H3. The van der Waals surface area contributed by atoms with Gasteiger partial charge in [-0.2, -0.15) is 0 Å². The van der Waals surface area contributed by atoms with Gasteiger partial charge in [-0.1, -0.05) is 0 Å². The third kappa shape index (κ3) is 4.12. The van der Waals surface area contributed by atoms with E-state index in [1.165, 1.54) is 12.8 Å². The van der Waals surface area contributed by atoms with Gasteiger partial charge in [0.1, 0.15) is 11.5 Å². The summed E-state index contributed by atoms with van der Waals surface area (Å²) in [7, 11) is 2.08. The van der Waals surface area contributed by atoms with Gasteiger partial charge in [0.15, 0.2) is 0 Å². The van der Waals surface area contributed by atoms with Crippen molar-refractivity contribution in [2.45, 2.75) is 32.9 Å². The Morgan fingerprint density at radius 2 is 2.28 bits per heavy atom. The molecule has 0 aromatic carbocycles. The number of rotatable bonds is 8. The molecule has 1 fully saturated rings. The summed E-state index contributed by atoms with van der Waals surface area (Å²) in [6, 6.07) is 2.07. The predicted octanol–water partition coefficient (Wildman–Crippen LogP) is 1.91. The molecule has 2 N–H and O–H groups in total. The molecule has 0 aliphatic heterocycles. The Morgan fingerprint density at radius 3 is 2.89 bits per heavy atom. The van der Waals surface area contributed by atoms with Crippen molar-refractivity contribution in [2.75, 3.05) is 26.8 Å². The van der Waals surface area contributed by atoms with E-state index < -0.39 is 0 Å². The highest BCUT2D eigenvalue weighted by atomic mass is 16.5. The molecule has 0 amide bonds. The van der Waals surface area contributed by atoms with E-state index >= 15 is 0 Å². The molecule has 0 saturated heterocycles. The average molecular weight is 252 g/mol. The summed E-state index contributed by atoms with van der Waals surface area (Å²) >= 11 is 0. The van der Waals surface area contributed by atoms with Crippen molar-refractivity contribution < 1.29 is 9.15 Å². The van der Waals surface area contributed by atoms with E-state index in [-0.39, 0.29) is 0 Å². The van der Waals surface area contributed by atoms with Crippen molar-refractivity contribution in [1.82, 2.24) is 4.90 Å². The van der Waals surface area contributed by atoms with E-state index in [9.17, 15) is 0 Å². The van der Waals surface area contributed by atoms with Crippen LogP contribution in [0, 0.1) is 12.8 Å². The number of hydrogen-bond acceptors (Lipinski definition) is 4. The zero-order chi connectivity index (χ0) is 13.0. The van der Waals surface area contributed by atoms with E-state index in [1.807, 2.05) is 6.92 Å². The fourth-order valence-electron chi connectivity index (χ4n) is 1.97. The minimum Gasteiger partial charge on any atom is -0.463 e. The highest BCUT2D eigenvalue weighted by Gasteiger charge is 2.21. The van der Waals surface area contributed by atoms with Crippen molar-refractivity contribution in [3.05, 3.63) is 23.2 Å². The minimum absolute atomic E-state index is 0.472. The second-order valence-corrected chi connectivity index (χ2v) is 5.28. The maximum absolute atomic E-state index is 5.68. The first-order chi connectivity index (χ1) is 8.69. The van der Waals surface area contributed by atoms with Crippen molar-refractivity contribution in [1.29, 1.82) is 0 Å². The predicted molar refractivity (Wildman–Crippen MR) is 71.2 cm³/mol. The molecule has 0 atom stereocenters. The van der Waals surface area contributed by atoms with E-state index in [1.54, 1.807) is 0 Å². The summed E-state index contributed by atoms with van der Waals surface area (Å²) in [6.07, 6.45) is 2.70. The highest BCUT2D eigenvalue weighted by molar-refractivity contribution is 5.19. The summed E-state index contributed by atoms with van der Waals surface area (Å²) < 4.78 is 11.3. The van der Waals surface area contributed by atoms with Crippen LogP contribution < -0.4 is 5.73 Å². The number of likely N-dealkylation sites (N-methyl/N-ethyl adjacent to an activating group) is 1. The largest absolute Gasteiger partial charge is 0.463 e. The Hall–Kier alpha value is -0.840. The minimum atomic E-state index is 0.472. The molecule has 0 spiro atoms. The number of nitrogens with two attached hydrogens (primary N) is 1. The van der Waals surface area contributed by atoms with Crippen LogP contribution in [0.2, 0.25) is 0 Å². The van der Waals surface area contributed by atoms with Crippen LogP contribution in [0.4, 0.5) is 0 Å². The highest BCUT2D eigenvalue weighted by Crippen LogP contribution is 2.28. The normalized spacial score (nSPS) is 15.6. The Bertz CT molecular complexity index is 372. The number of hydrogen-bond donors (Lipinski definition) is 1. The molecule has 1 aromatic rings. The zero-order valence-corrected chi connectivity index (χ0v) is 11.4. The molecule has 1 aliphatic carbocycles. The van der Waals surface area contributed by atoms with E-state index in [4.69, 9.17) is 14.9 Å². The second kappa shape index (κ2) is 6.36. The Balaban J connectivity index is 1.66. The molecule has 2 rings (SSSR count). The van der Waals surface area contributed by atoms with Crippen LogP contribution in [0.5, 0.6) is 0 Å². The molecule has 4 nitrogen and oxygen atoms in total. The SMILES string of the molecule is Cc1cc(CN(C)CCOCC2CC2)oc1CN. The number of ether oxygens (including phenoxy) is 1. The Labute approximate surface area is 109 Å². The summed E-state index contributed by atoms with van der Waals surface area (Å²) in [5, 5.41) is 0. The van der Waals surface area contributed by atoms with Gasteiger partial charge in [-0.05, 0) is 44.4 Å². The molecule has 1 aliphatic rings. The quantitative estimate of drug-likeness (QED) is 0.718. The van der Waals surface area contributed by atoms with Gasteiger partial charge < -0.3 is 14.9 Å². The molecule has 0 unspecified atom stereocenters. The molecular weight excluding hydrogens is 228 g/mol. The van der Waals surface area contributed by atoms with Gasteiger partial charge in [0, 0.05) is 13.2 Å². The van der Waals surface area contributed by atoms with Gasteiger partial charge in [-0.25, -0.2) is 0 Å². The first-order valence-corrected chi connectivity index (χ1v) is 6.73. The fourth-order valence-corrected chi connectivity index (χ4v) is 1.97. The number of aryl methyl sites for hydroxylation is 1. The molecule has 4 heteroatoms. The second-order valence-electron chi connectivity index (χ2n) is 5.28. The summed E-state index contributed by atoms with van der Waals surface area (Å²) in [5.74, 6) is 2.72. The van der Waals surface area contributed by atoms with Crippen LogP contribution in [0.25, 0.3) is 0 Å². The molecule has 1 aromatic heterocycles. The molecule has 1 heterocycles. The van der Waals surface area contributed by atoms with E-state index in [2.05, 4.69) is 18.0 Å². The first-order valence-electron chi connectivity index (χ1n) is 6.73. The van der Waals surface area contributed by atoms with Crippen molar-refractivity contribution >= 4 is 0 Å². The lowest BCUT2D eigenvalue weighted by Gasteiger charge is -2.14. The summed E-state index contributed by atoms with van der Waals surface area (Å²) in [6.45, 7) is 5.99. The van der Waals surface area contributed by atoms with Crippen molar-refractivity contribution in [3.8, 4) is 0 Å². The molecule has 18 heavy (non-hydrogen) atoms. The Kier molecular flexibility index (Phi) is 4.80. The third-order valence-corrected chi connectivity index (χ3v) is 3.35. The van der Waals surface area contributed by atoms with Gasteiger partial charge in [-0.3, -0.25) is 4.90 Å². The molecule has 102 valence electrons. The van der Waals surface area contributed by atoms with Crippen LogP contribution in [0.1, 0.15) is 29.9 Å².